The number of hydrogen-bond acceptors (Lipinski definition) is 6. The van der Waals surface area contributed by atoms with Gasteiger partial charge in [0.15, 0.2) is 6.10 Å². The summed E-state index contributed by atoms with van der Waals surface area (Å²) < 4.78 is 16.6. The summed E-state index contributed by atoms with van der Waals surface area (Å²) in [6, 6.07) is 19.5. The molecule has 1 heterocycles. The van der Waals surface area contributed by atoms with Crippen LogP contribution in [0.4, 0.5) is 0 Å². The number of nitrogens with zero attached hydrogens (tertiary/aromatic N) is 1. The van der Waals surface area contributed by atoms with Crippen LogP contribution in [0.5, 0.6) is 0 Å². The summed E-state index contributed by atoms with van der Waals surface area (Å²) in [5.74, 6) is -1.16. The molecule has 0 aliphatic carbocycles. The standard InChI is InChI=1S/C25H26N2O5/c1-17(2)12-22(32-25(29)23-13-19-10-6-7-11-21(19)31-23)24(28)27-20(14-26)16-30-15-18-8-4-3-5-9-18/h3-11,13,17,20,22H,12,15-16H2,1-2H3,(H,27,28). The smallest absolute Gasteiger partial charge is 0.375 e. The van der Waals surface area contributed by atoms with Gasteiger partial charge >= 0.3 is 5.97 Å². The number of carbonyl (C=O) groups excluding carboxylic acids is 2. The van der Waals surface area contributed by atoms with Crippen LogP contribution in [0.1, 0.15) is 36.4 Å². The van der Waals surface area contributed by atoms with Gasteiger partial charge in [0, 0.05) is 5.39 Å². The summed E-state index contributed by atoms with van der Waals surface area (Å²) in [5.41, 5.74) is 1.53. The quantitative estimate of drug-likeness (QED) is 0.479. The van der Waals surface area contributed by atoms with E-state index < -0.39 is 24.0 Å². The molecule has 2 unspecified atom stereocenters. The average molecular weight is 434 g/mol. The number of furan rings is 1. The minimum Gasteiger partial charge on any atom is -0.449 e. The molecular formula is C25H26N2O5. The molecule has 0 spiro atoms. The third-order valence-electron chi connectivity index (χ3n) is 4.72. The Morgan fingerprint density at radius 1 is 1.09 bits per heavy atom. The topological polar surface area (TPSA) is 102 Å². The molecule has 3 rings (SSSR count). The van der Waals surface area contributed by atoms with Crippen LogP contribution >= 0.6 is 0 Å². The van der Waals surface area contributed by atoms with Crippen molar-refractivity contribution in [1.82, 2.24) is 5.32 Å². The molecule has 7 heteroatoms. The minimum atomic E-state index is -1.05. The number of rotatable bonds is 10. The lowest BCUT2D eigenvalue weighted by molar-refractivity contribution is -0.131. The van der Waals surface area contributed by atoms with Crippen molar-refractivity contribution in [2.45, 2.75) is 39.0 Å². The van der Waals surface area contributed by atoms with Gasteiger partial charge in [-0.25, -0.2) is 4.79 Å². The Labute approximate surface area is 186 Å². The molecule has 166 valence electrons. The molecule has 0 fully saturated rings. The van der Waals surface area contributed by atoms with E-state index in [0.29, 0.717) is 18.6 Å². The fourth-order valence-corrected chi connectivity index (χ4v) is 3.15. The predicted molar refractivity (Wildman–Crippen MR) is 119 cm³/mol. The number of nitriles is 1. The molecule has 32 heavy (non-hydrogen) atoms. The Balaban J connectivity index is 1.60. The van der Waals surface area contributed by atoms with Crippen molar-refractivity contribution in [3.05, 3.63) is 72.0 Å². The lowest BCUT2D eigenvalue weighted by Gasteiger charge is -2.20. The molecule has 3 aromatic rings. The van der Waals surface area contributed by atoms with Gasteiger partial charge in [-0.3, -0.25) is 4.79 Å². The third-order valence-corrected chi connectivity index (χ3v) is 4.72. The predicted octanol–water partition coefficient (Wildman–Crippen LogP) is 4.23. The monoisotopic (exact) mass is 434 g/mol. The van der Waals surface area contributed by atoms with E-state index in [0.717, 1.165) is 10.9 Å². The molecule has 0 aliphatic rings. The first-order chi connectivity index (χ1) is 15.5. The molecule has 0 saturated heterocycles. The molecule has 0 saturated carbocycles. The van der Waals surface area contributed by atoms with Gasteiger partial charge in [-0.1, -0.05) is 62.4 Å². The number of benzene rings is 2. The van der Waals surface area contributed by atoms with Crippen LogP contribution in [0.2, 0.25) is 0 Å². The summed E-state index contributed by atoms with van der Waals surface area (Å²) in [6.45, 7) is 4.18. The normalized spacial score (nSPS) is 12.8. The number of carbonyl (C=O) groups is 2. The Hall–Kier alpha value is -3.63. The van der Waals surface area contributed by atoms with E-state index in [1.54, 1.807) is 18.2 Å². The highest BCUT2D eigenvalue weighted by Gasteiger charge is 2.28. The lowest BCUT2D eigenvalue weighted by atomic mass is 10.0. The Bertz CT molecular complexity index is 1050. The molecule has 2 aromatic carbocycles. The maximum atomic E-state index is 12.8. The highest BCUT2D eigenvalue weighted by Crippen LogP contribution is 2.20. The number of ether oxygens (including phenoxy) is 2. The van der Waals surface area contributed by atoms with Crippen LogP contribution in [0.15, 0.2) is 65.1 Å². The zero-order valence-electron chi connectivity index (χ0n) is 18.1. The van der Waals surface area contributed by atoms with Gasteiger partial charge in [0.2, 0.25) is 5.76 Å². The average Bonchev–Trinajstić information content (AvgIpc) is 3.23. The molecule has 0 bridgehead atoms. The fourth-order valence-electron chi connectivity index (χ4n) is 3.15. The molecule has 1 aromatic heterocycles. The van der Waals surface area contributed by atoms with Crippen LogP contribution in [0.3, 0.4) is 0 Å². The first-order valence-electron chi connectivity index (χ1n) is 10.5. The second kappa shape index (κ2) is 11.1. The molecular weight excluding hydrogens is 408 g/mol. The van der Waals surface area contributed by atoms with Crippen molar-refractivity contribution in [2.24, 2.45) is 5.92 Å². The summed E-state index contributed by atoms with van der Waals surface area (Å²) in [6.07, 6.45) is -0.749. The van der Waals surface area contributed by atoms with Crippen LogP contribution < -0.4 is 5.32 Å². The zero-order chi connectivity index (χ0) is 22.9. The van der Waals surface area contributed by atoms with Crippen LogP contribution in [0.25, 0.3) is 11.0 Å². The molecule has 1 amide bonds. The van der Waals surface area contributed by atoms with E-state index >= 15 is 0 Å². The van der Waals surface area contributed by atoms with Gasteiger partial charge in [-0.15, -0.1) is 0 Å². The van der Waals surface area contributed by atoms with E-state index in [1.807, 2.05) is 62.4 Å². The fraction of sp³-hybridized carbons (Fsp3) is 0.320. The summed E-state index contributed by atoms with van der Waals surface area (Å²) in [5, 5.41) is 12.8. The minimum absolute atomic E-state index is 0.0169. The number of amides is 1. The number of esters is 1. The summed E-state index contributed by atoms with van der Waals surface area (Å²) >= 11 is 0. The number of hydrogen-bond donors (Lipinski definition) is 1. The second-order valence-corrected chi connectivity index (χ2v) is 7.86. The van der Waals surface area contributed by atoms with Crippen LogP contribution in [-0.4, -0.2) is 30.6 Å². The first-order valence-corrected chi connectivity index (χ1v) is 10.5. The zero-order valence-corrected chi connectivity index (χ0v) is 18.1. The van der Waals surface area contributed by atoms with E-state index in [4.69, 9.17) is 13.9 Å². The largest absolute Gasteiger partial charge is 0.449 e. The molecule has 1 N–H and O–H groups in total. The van der Waals surface area contributed by atoms with E-state index in [1.165, 1.54) is 0 Å². The Morgan fingerprint density at radius 2 is 1.81 bits per heavy atom. The van der Waals surface area contributed by atoms with Gasteiger partial charge in [-0.2, -0.15) is 5.26 Å². The van der Waals surface area contributed by atoms with Crippen molar-refractivity contribution in [1.29, 1.82) is 5.26 Å². The van der Waals surface area contributed by atoms with E-state index in [9.17, 15) is 14.9 Å². The van der Waals surface area contributed by atoms with Crippen molar-refractivity contribution in [2.75, 3.05) is 6.61 Å². The third kappa shape index (κ3) is 6.43. The van der Waals surface area contributed by atoms with Gasteiger partial charge in [0.25, 0.3) is 5.91 Å². The highest BCUT2D eigenvalue weighted by atomic mass is 16.6. The van der Waals surface area contributed by atoms with E-state index in [2.05, 4.69) is 5.32 Å². The highest BCUT2D eigenvalue weighted by molar-refractivity contribution is 5.94. The summed E-state index contributed by atoms with van der Waals surface area (Å²) in [7, 11) is 0. The van der Waals surface area contributed by atoms with Gasteiger partial charge in [-0.05, 0) is 30.0 Å². The number of nitrogens with one attached hydrogen (secondary N) is 1. The first kappa shape index (κ1) is 23.0. The van der Waals surface area contributed by atoms with Crippen molar-refractivity contribution < 1.29 is 23.5 Å². The SMILES string of the molecule is CC(C)CC(OC(=O)c1cc2ccccc2o1)C(=O)NC(C#N)COCc1ccccc1. The van der Waals surface area contributed by atoms with Crippen LogP contribution in [0, 0.1) is 17.2 Å². The summed E-state index contributed by atoms with van der Waals surface area (Å²) in [4.78, 5) is 25.4. The van der Waals surface area contributed by atoms with E-state index in [-0.39, 0.29) is 18.3 Å². The second-order valence-electron chi connectivity index (χ2n) is 7.86. The lowest BCUT2D eigenvalue weighted by Crippen LogP contribution is -2.45. The van der Waals surface area contributed by atoms with Crippen molar-refractivity contribution in [3.8, 4) is 6.07 Å². The molecule has 0 radical (unpaired) electrons. The molecule has 2 atom stereocenters. The van der Waals surface area contributed by atoms with Crippen LogP contribution in [-0.2, 0) is 20.9 Å². The maximum absolute atomic E-state index is 12.8. The van der Waals surface area contributed by atoms with Gasteiger partial charge in [0.05, 0.1) is 19.3 Å². The molecule has 0 aliphatic heterocycles. The Kier molecular flexibility index (Phi) is 8.01. The van der Waals surface area contributed by atoms with Gasteiger partial charge < -0.3 is 19.2 Å². The van der Waals surface area contributed by atoms with Gasteiger partial charge in [0.1, 0.15) is 11.6 Å². The number of para-hydroxylation sites is 1. The number of fused-ring (bicyclic) bond motifs is 1. The Morgan fingerprint density at radius 3 is 2.50 bits per heavy atom. The maximum Gasteiger partial charge on any atom is 0.375 e. The van der Waals surface area contributed by atoms with Crippen molar-refractivity contribution in [3.63, 3.8) is 0 Å². The molecule has 7 nitrogen and oxygen atoms in total. The van der Waals surface area contributed by atoms with Crippen molar-refractivity contribution >= 4 is 22.8 Å².